The van der Waals surface area contributed by atoms with E-state index in [-0.39, 0.29) is 12.5 Å². The Labute approximate surface area is 414 Å². The van der Waals surface area contributed by atoms with Gasteiger partial charge in [-0.25, -0.2) is 0 Å². The van der Waals surface area contributed by atoms with Crippen molar-refractivity contribution in [3.63, 3.8) is 0 Å². The van der Waals surface area contributed by atoms with Gasteiger partial charge in [-0.3, -0.25) is 4.79 Å². The minimum absolute atomic E-state index is 0.0263. The Balaban J connectivity index is 3.43. The van der Waals surface area contributed by atoms with E-state index >= 15 is 0 Å². The summed E-state index contributed by atoms with van der Waals surface area (Å²) in [6.45, 7) is 4.28. The fraction of sp³-hybridized carbons (Fsp3) is 0.855. The number of aliphatic hydroxyl groups excluding tert-OH is 2. The predicted molar refractivity (Wildman–Crippen MR) is 295 cm³/mol. The first-order valence-corrected chi connectivity index (χ1v) is 29.8. The molecular formula is C62H117NO3. The van der Waals surface area contributed by atoms with Crippen LogP contribution in [0.1, 0.15) is 322 Å². The molecule has 0 saturated carbocycles. The smallest absolute Gasteiger partial charge is 0.220 e. The molecule has 0 aliphatic carbocycles. The van der Waals surface area contributed by atoms with Crippen LogP contribution in [0.2, 0.25) is 0 Å². The fourth-order valence-corrected chi connectivity index (χ4v) is 9.36. The van der Waals surface area contributed by atoms with E-state index in [1.165, 1.54) is 244 Å². The highest BCUT2D eigenvalue weighted by Crippen LogP contribution is 2.18. The van der Waals surface area contributed by atoms with Crippen molar-refractivity contribution >= 4 is 5.91 Å². The number of amides is 1. The Morgan fingerprint density at radius 3 is 1.00 bits per heavy atom. The van der Waals surface area contributed by atoms with Gasteiger partial charge in [-0.05, 0) is 51.4 Å². The standard InChI is InChI=1S/C62H117NO3/c1-3-5-7-9-11-13-15-17-19-21-23-25-27-28-29-30-31-32-33-34-36-38-40-42-44-46-48-50-52-54-56-58-62(66)63-60(59-64)61(65)57-55-53-51-49-47-45-43-41-39-37-35-26-24-22-20-18-16-14-12-10-8-6-4-2/h5,7,11,13,17,19,23,25,60-61,64-65H,3-4,6,8-10,12,14-16,18,20-22,24,26-59H2,1-2H3,(H,63,66)/b7-5-,13-11-,19-17-,25-23-. The second kappa shape index (κ2) is 57.7. The van der Waals surface area contributed by atoms with Crippen LogP contribution in [0.5, 0.6) is 0 Å². The summed E-state index contributed by atoms with van der Waals surface area (Å²) < 4.78 is 0. The molecule has 388 valence electrons. The fourth-order valence-electron chi connectivity index (χ4n) is 9.36. The van der Waals surface area contributed by atoms with Crippen molar-refractivity contribution in [1.29, 1.82) is 0 Å². The summed E-state index contributed by atoms with van der Waals surface area (Å²) in [5, 5.41) is 23.4. The highest BCUT2D eigenvalue weighted by molar-refractivity contribution is 5.76. The number of carbonyl (C=O) groups is 1. The van der Waals surface area contributed by atoms with Crippen molar-refractivity contribution in [2.45, 2.75) is 334 Å². The molecule has 4 heteroatoms. The van der Waals surface area contributed by atoms with Crippen LogP contribution >= 0.6 is 0 Å². The molecule has 0 bridgehead atoms. The minimum atomic E-state index is -0.660. The zero-order chi connectivity index (χ0) is 47.7. The van der Waals surface area contributed by atoms with Crippen LogP contribution in [0, 0.1) is 0 Å². The van der Waals surface area contributed by atoms with E-state index in [1.807, 2.05) is 0 Å². The zero-order valence-corrected chi connectivity index (χ0v) is 44.7. The third kappa shape index (κ3) is 53.3. The van der Waals surface area contributed by atoms with Crippen LogP contribution in [0.3, 0.4) is 0 Å². The molecule has 0 fully saturated rings. The van der Waals surface area contributed by atoms with Crippen molar-refractivity contribution in [1.82, 2.24) is 5.32 Å². The Hall–Kier alpha value is -1.65. The second-order valence-corrected chi connectivity index (χ2v) is 20.4. The van der Waals surface area contributed by atoms with Gasteiger partial charge < -0.3 is 15.5 Å². The Morgan fingerprint density at radius 1 is 0.379 bits per heavy atom. The van der Waals surface area contributed by atoms with E-state index in [2.05, 4.69) is 67.8 Å². The molecule has 1 amide bonds. The molecule has 0 saturated heterocycles. The highest BCUT2D eigenvalue weighted by atomic mass is 16.3. The van der Waals surface area contributed by atoms with E-state index in [9.17, 15) is 15.0 Å². The van der Waals surface area contributed by atoms with E-state index in [0.29, 0.717) is 12.8 Å². The van der Waals surface area contributed by atoms with Gasteiger partial charge in [0.05, 0.1) is 18.8 Å². The molecule has 3 N–H and O–H groups in total. The van der Waals surface area contributed by atoms with Gasteiger partial charge in [0.25, 0.3) is 0 Å². The first-order chi connectivity index (χ1) is 32.7. The minimum Gasteiger partial charge on any atom is -0.394 e. The molecule has 2 atom stereocenters. The van der Waals surface area contributed by atoms with Gasteiger partial charge >= 0.3 is 0 Å². The molecule has 0 heterocycles. The number of aliphatic hydroxyl groups is 2. The van der Waals surface area contributed by atoms with Crippen LogP contribution in [0.15, 0.2) is 48.6 Å². The summed E-state index contributed by atoms with van der Waals surface area (Å²) in [5.74, 6) is -0.0263. The maximum Gasteiger partial charge on any atom is 0.220 e. The lowest BCUT2D eigenvalue weighted by atomic mass is 10.0. The van der Waals surface area contributed by atoms with E-state index in [1.54, 1.807) is 0 Å². The molecule has 0 aromatic carbocycles. The maximum atomic E-state index is 12.5. The molecule has 0 spiro atoms. The van der Waals surface area contributed by atoms with E-state index < -0.39 is 12.1 Å². The lowest BCUT2D eigenvalue weighted by molar-refractivity contribution is -0.123. The first-order valence-electron chi connectivity index (χ1n) is 29.8. The van der Waals surface area contributed by atoms with Crippen LogP contribution in [0.4, 0.5) is 0 Å². The van der Waals surface area contributed by atoms with Gasteiger partial charge in [0.15, 0.2) is 0 Å². The molecule has 0 rings (SSSR count). The molecule has 4 nitrogen and oxygen atoms in total. The summed E-state index contributed by atoms with van der Waals surface area (Å²) in [6.07, 6.45) is 79.7. The Bertz CT molecular complexity index is 1050. The third-order valence-corrected chi connectivity index (χ3v) is 13.9. The molecule has 66 heavy (non-hydrogen) atoms. The first kappa shape index (κ1) is 64.3. The van der Waals surface area contributed by atoms with Crippen molar-refractivity contribution in [3.05, 3.63) is 48.6 Å². The molecule has 0 aromatic heterocycles. The molecular weight excluding hydrogens is 807 g/mol. The summed E-state index contributed by atoms with van der Waals surface area (Å²) in [4.78, 5) is 12.5. The predicted octanol–water partition coefficient (Wildman–Crippen LogP) is 19.8. The van der Waals surface area contributed by atoms with Gasteiger partial charge in [-0.2, -0.15) is 0 Å². The summed E-state index contributed by atoms with van der Waals surface area (Å²) in [6, 6.07) is -0.537. The van der Waals surface area contributed by atoms with Gasteiger partial charge in [-0.1, -0.05) is 313 Å². The number of allylic oxidation sites excluding steroid dienone is 8. The van der Waals surface area contributed by atoms with Crippen molar-refractivity contribution in [2.24, 2.45) is 0 Å². The molecule has 0 radical (unpaired) electrons. The second-order valence-electron chi connectivity index (χ2n) is 20.4. The number of hydrogen-bond acceptors (Lipinski definition) is 3. The Kier molecular flexibility index (Phi) is 56.2. The molecule has 0 aliphatic heterocycles. The van der Waals surface area contributed by atoms with Gasteiger partial charge in [-0.15, -0.1) is 0 Å². The topological polar surface area (TPSA) is 69.6 Å². The number of rotatable bonds is 55. The number of unbranched alkanes of at least 4 members (excludes halogenated alkanes) is 40. The van der Waals surface area contributed by atoms with Crippen molar-refractivity contribution in [3.8, 4) is 0 Å². The highest BCUT2D eigenvalue weighted by Gasteiger charge is 2.20. The summed E-state index contributed by atoms with van der Waals surface area (Å²) in [7, 11) is 0. The molecule has 2 unspecified atom stereocenters. The average Bonchev–Trinajstić information content (AvgIpc) is 3.32. The van der Waals surface area contributed by atoms with Gasteiger partial charge in [0, 0.05) is 6.42 Å². The zero-order valence-electron chi connectivity index (χ0n) is 44.7. The largest absolute Gasteiger partial charge is 0.394 e. The van der Waals surface area contributed by atoms with Crippen LogP contribution in [-0.4, -0.2) is 34.9 Å². The maximum absolute atomic E-state index is 12.5. The molecule has 0 aliphatic rings. The van der Waals surface area contributed by atoms with Gasteiger partial charge in [0.2, 0.25) is 5.91 Å². The lowest BCUT2D eigenvalue weighted by Gasteiger charge is -2.22. The lowest BCUT2D eigenvalue weighted by Crippen LogP contribution is -2.45. The van der Waals surface area contributed by atoms with E-state index in [4.69, 9.17) is 0 Å². The van der Waals surface area contributed by atoms with E-state index in [0.717, 1.165) is 51.4 Å². The summed E-state index contributed by atoms with van der Waals surface area (Å²) in [5.41, 5.74) is 0. The Morgan fingerprint density at radius 2 is 0.667 bits per heavy atom. The SMILES string of the molecule is CC/C=C\C/C=C\C/C=C\C/C=C\CCCCCCCCCCCCCCCCCCCCC(=O)NC(CO)C(O)CCCCCCCCCCCCCCCCCCCCCCCCC. The van der Waals surface area contributed by atoms with Gasteiger partial charge in [0.1, 0.15) is 0 Å². The summed E-state index contributed by atoms with van der Waals surface area (Å²) >= 11 is 0. The quantitative estimate of drug-likeness (QED) is 0.0420. The average molecular weight is 925 g/mol. The van der Waals surface area contributed by atoms with Crippen LogP contribution in [-0.2, 0) is 4.79 Å². The van der Waals surface area contributed by atoms with Crippen LogP contribution < -0.4 is 5.32 Å². The number of nitrogens with one attached hydrogen (secondary N) is 1. The monoisotopic (exact) mass is 924 g/mol. The third-order valence-electron chi connectivity index (χ3n) is 13.9. The van der Waals surface area contributed by atoms with Crippen molar-refractivity contribution < 1.29 is 15.0 Å². The van der Waals surface area contributed by atoms with Crippen LogP contribution in [0.25, 0.3) is 0 Å². The van der Waals surface area contributed by atoms with Crippen molar-refractivity contribution in [2.75, 3.05) is 6.61 Å². The molecule has 0 aromatic rings. The normalized spacial score (nSPS) is 13.1. The number of carbonyl (C=O) groups excluding carboxylic acids is 1. The number of hydrogen-bond donors (Lipinski definition) is 3.